The van der Waals surface area contributed by atoms with Gasteiger partial charge in [-0.15, -0.1) is 0 Å². The van der Waals surface area contributed by atoms with E-state index in [4.69, 9.17) is 0 Å². The van der Waals surface area contributed by atoms with Crippen molar-refractivity contribution in [3.05, 3.63) is 59.7 Å². The smallest absolute Gasteiger partial charge is 0.224 e. The van der Waals surface area contributed by atoms with Gasteiger partial charge in [-0.1, -0.05) is 64.2 Å². The average Bonchev–Trinajstić information content (AvgIpc) is 2.84. The van der Waals surface area contributed by atoms with Crippen molar-refractivity contribution in [1.29, 1.82) is 0 Å². The van der Waals surface area contributed by atoms with Crippen LogP contribution in [0.4, 0.5) is 11.4 Å². The fraction of sp³-hybridized carbons (Fsp3) is 0.400. The second-order valence-electron chi connectivity index (χ2n) is 8.37. The number of amides is 2. The zero-order valence-electron chi connectivity index (χ0n) is 20.5. The minimum Gasteiger partial charge on any atom is -0.326 e. The van der Waals surface area contributed by atoms with E-state index >= 15 is 0 Å². The van der Waals surface area contributed by atoms with Crippen LogP contribution in [0.5, 0.6) is 0 Å². The molecule has 0 aromatic heterocycles. The molecule has 4 heteroatoms. The maximum absolute atomic E-state index is 12.0. The third-order valence-electron chi connectivity index (χ3n) is 5.33. The van der Waals surface area contributed by atoms with Gasteiger partial charge in [-0.05, 0) is 73.2 Å². The lowest BCUT2D eigenvalue weighted by Gasteiger charge is -2.05. The van der Waals surface area contributed by atoms with Gasteiger partial charge >= 0.3 is 0 Å². The van der Waals surface area contributed by atoms with E-state index in [0.717, 1.165) is 48.2 Å². The van der Waals surface area contributed by atoms with Crippen LogP contribution in [0, 0.1) is 23.7 Å². The van der Waals surface area contributed by atoms with Crippen LogP contribution < -0.4 is 10.6 Å². The third kappa shape index (κ3) is 11.4. The molecular formula is C30H36N2O2. The predicted octanol–water partition coefficient (Wildman–Crippen LogP) is 6.91. The molecule has 2 rings (SSSR count). The standard InChI is InChI=1S/C30H36N2O2/c1-3-5-7-9-15-29(33)31-27-21-17-25(18-22-27)13-11-12-14-26-19-23-28(24-20-26)32-30(34)16-10-8-6-4-2/h17-24H,3-10,15-16H2,1-2H3,(H,31,33)(H,32,34). The molecule has 0 aliphatic rings. The maximum Gasteiger partial charge on any atom is 0.224 e. The van der Waals surface area contributed by atoms with Crippen LogP contribution in [0.15, 0.2) is 48.5 Å². The lowest BCUT2D eigenvalue weighted by Crippen LogP contribution is -2.10. The van der Waals surface area contributed by atoms with Gasteiger partial charge in [0.2, 0.25) is 11.8 Å². The van der Waals surface area contributed by atoms with Gasteiger partial charge in [-0.2, -0.15) is 0 Å². The van der Waals surface area contributed by atoms with Crippen molar-refractivity contribution in [3.63, 3.8) is 0 Å². The fourth-order valence-corrected chi connectivity index (χ4v) is 3.35. The Morgan fingerprint density at radius 1 is 0.588 bits per heavy atom. The van der Waals surface area contributed by atoms with Gasteiger partial charge in [-0.3, -0.25) is 9.59 Å². The lowest BCUT2D eigenvalue weighted by atomic mass is 10.1. The summed E-state index contributed by atoms with van der Waals surface area (Å²) in [5, 5.41) is 5.85. The highest BCUT2D eigenvalue weighted by Gasteiger charge is 2.03. The highest BCUT2D eigenvalue weighted by Crippen LogP contribution is 2.12. The fourth-order valence-electron chi connectivity index (χ4n) is 3.35. The summed E-state index contributed by atoms with van der Waals surface area (Å²) in [5.41, 5.74) is 3.25. The molecule has 0 heterocycles. The van der Waals surface area contributed by atoms with Gasteiger partial charge in [-0.25, -0.2) is 0 Å². The predicted molar refractivity (Wildman–Crippen MR) is 141 cm³/mol. The van der Waals surface area contributed by atoms with E-state index in [1.807, 2.05) is 48.5 Å². The Labute approximate surface area is 204 Å². The molecule has 4 nitrogen and oxygen atoms in total. The minimum absolute atomic E-state index is 0.0540. The minimum atomic E-state index is 0.0540. The summed E-state index contributed by atoms with van der Waals surface area (Å²) in [7, 11) is 0. The number of hydrogen-bond donors (Lipinski definition) is 2. The monoisotopic (exact) mass is 456 g/mol. The molecule has 2 aromatic carbocycles. The van der Waals surface area contributed by atoms with E-state index in [0.29, 0.717) is 12.8 Å². The van der Waals surface area contributed by atoms with Crippen molar-refractivity contribution in [2.24, 2.45) is 0 Å². The molecule has 2 amide bonds. The van der Waals surface area contributed by atoms with Crippen molar-refractivity contribution >= 4 is 23.2 Å². The number of benzene rings is 2. The molecule has 0 radical (unpaired) electrons. The Kier molecular flexibility index (Phi) is 12.7. The van der Waals surface area contributed by atoms with Crippen LogP contribution in [0.1, 0.15) is 89.2 Å². The first-order chi connectivity index (χ1) is 16.6. The summed E-state index contributed by atoms with van der Waals surface area (Å²) in [4.78, 5) is 23.9. The largest absolute Gasteiger partial charge is 0.326 e. The normalized spacial score (nSPS) is 9.82. The number of carbonyl (C=O) groups excluding carboxylic acids is 2. The van der Waals surface area contributed by atoms with E-state index < -0.39 is 0 Å². The van der Waals surface area contributed by atoms with Crippen LogP contribution in [0.25, 0.3) is 0 Å². The Morgan fingerprint density at radius 2 is 0.971 bits per heavy atom. The zero-order valence-corrected chi connectivity index (χ0v) is 20.5. The van der Waals surface area contributed by atoms with Crippen molar-refractivity contribution in [3.8, 4) is 23.7 Å². The SMILES string of the molecule is CCCCCCC(=O)Nc1ccc(C#CC#Cc2ccc(NC(=O)CCCCCC)cc2)cc1. The highest BCUT2D eigenvalue weighted by atomic mass is 16.2. The summed E-state index contributed by atoms with van der Waals surface area (Å²) < 4.78 is 0. The second kappa shape index (κ2) is 16.2. The lowest BCUT2D eigenvalue weighted by molar-refractivity contribution is -0.117. The first-order valence-electron chi connectivity index (χ1n) is 12.4. The summed E-state index contributed by atoms with van der Waals surface area (Å²) in [6, 6.07) is 14.9. The molecule has 0 bridgehead atoms. The highest BCUT2D eigenvalue weighted by molar-refractivity contribution is 5.91. The first kappa shape index (κ1) is 26.7. The Morgan fingerprint density at radius 3 is 1.32 bits per heavy atom. The summed E-state index contributed by atoms with van der Waals surface area (Å²) in [6.07, 6.45) is 9.85. The van der Waals surface area contributed by atoms with Gasteiger partial charge in [0, 0.05) is 35.3 Å². The Bertz CT molecular complexity index is 930. The van der Waals surface area contributed by atoms with Crippen molar-refractivity contribution in [1.82, 2.24) is 0 Å². The molecule has 0 saturated carbocycles. The molecule has 178 valence electrons. The van der Waals surface area contributed by atoms with Crippen LogP contribution in [-0.4, -0.2) is 11.8 Å². The molecule has 0 atom stereocenters. The Balaban J connectivity index is 1.78. The Hall–Kier alpha value is -3.50. The number of unbranched alkanes of at least 4 members (excludes halogenated alkanes) is 6. The number of rotatable bonds is 12. The molecule has 0 aliphatic carbocycles. The van der Waals surface area contributed by atoms with Crippen LogP contribution in [-0.2, 0) is 9.59 Å². The van der Waals surface area contributed by atoms with Gasteiger partial charge in [0.25, 0.3) is 0 Å². The first-order valence-corrected chi connectivity index (χ1v) is 12.4. The number of anilines is 2. The summed E-state index contributed by atoms with van der Waals surface area (Å²) in [5.74, 6) is 11.9. The van der Waals surface area contributed by atoms with Gasteiger partial charge < -0.3 is 10.6 Å². The molecule has 2 N–H and O–H groups in total. The average molecular weight is 457 g/mol. The molecule has 2 aromatic rings. The number of hydrogen-bond acceptors (Lipinski definition) is 2. The van der Waals surface area contributed by atoms with Crippen LogP contribution in [0.3, 0.4) is 0 Å². The van der Waals surface area contributed by atoms with E-state index in [9.17, 15) is 9.59 Å². The quantitative estimate of drug-likeness (QED) is 0.269. The van der Waals surface area contributed by atoms with Crippen LogP contribution >= 0.6 is 0 Å². The van der Waals surface area contributed by atoms with E-state index in [1.54, 1.807) is 0 Å². The molecule has 0 fully saturated rings. The third-order valence-corrected chi connectivity index (χ3v) is 5.33. The molecular weight excluding hydrogens is 420 g/mol. The van der Waals surface area contributed by atoms with Crippen molar-refractivity contribution in [2.45, 2.75) is 78.1 Å². The molecule has 34 heavy (non-hydrogen) atoms. The van der Waals surface area contributed by atoms with E-state index in [2.05, 4.69) is 48.2 Å². The summed E-state index contributed by atoms with van der Waals surface area (Å²) in [6.45, 7) is 4.32. The number of nitrogens with one attached hydrogen (secondary N) is 2. The van der Waals surface area contributed by atoms with E-state index in [-0.39, 0.29) is 11.8 Å². The van der Waals surface area contributed by atoms with Crippen LogP contribution in [0.2, 0.25) is 0 Å². The maximum atomic E-state index is 12.0. The van der Waals surface area contributed by atoms with Gasteiger partial charge in [0.05, 0.1) is 0 Å². The number of carbonyl (C=O) groups is 2. The molecule has 0 saturated heterocycles. The summed E-state index contributed by atoms with van der Waals surface area (Å²) >= 11 is 0. The van der Waals surface area contributed by atoms with E-state index in [1.165, 1.54) is 25.7 Å². The zero-order chi connectivity index (χ0) is 24.4. The second-order valence-corrected chi connectivity index (χ2v) is 8.37. The topological polar surface area (TPSA) is 58.2 Å². The van der Waals surface area contributed by atoms with Crippen molar-refractivity contribution in [2.75, 3.05) is 10.6 Å². The molecule has 0 unspecified atom stereocenters. The van der Waals surface area contributed by atoms with Gasteiger partial charge in [0.15, 0.2) is 0 Å². The van der Waals surface area contributed by atoms with Gasteiger partial charge in [0.1, 0.15) is 0 Å². The molecule has 0 spiro atoms. The molecule has 0 aliphatic heterocycles. The van der Waals surface area contributed by atoms with Crippen molar-refractivity contribution < 1.29 is 9.59 Å².